The van der Waals surface area contributed by atoms with Crippen LogP contribution in [0.4, 0.5) is 0 Å². The van der Waals surface area contributed by atoms with Crippen LogP contribution in [0.1, 0.15) is 50.1 Å². The van der Waals surface area contributed by atoms with E-state index in [4.69, 9.17) is 4.74 Å². The number of aromatic nitrogens is 2. The first-order valence-corrected chi connectivity index (χ1v) is 9.51. The van der Waals surface area contributed by atoms with Gasteiger partial charge in [-0.25, -0.2) is 4.98 Å². The Labute approximate surface area is 155 Å². The van der Waals surface area contributed by atoms with Gasteiger partial charge in [0.25, 0.3) is 0 Å². The van der Waals surface area contributed by atoms with Gasteiger partial charge in [0, 0.05) is 6.54 Å². The monoisotopic (exact) mass is 352 g/mol. The second-order valence-corrected chi connectivity index (χ2v) is 6.78. The summed E-state index contributed by atoms with van der Waals surface area (Å²) in [6.45, 7) is 5.69. The molecule has 4 heteroatoms. The number of aliphatic hydroxyl groups excluding tert-OH is 1. The molecule has 0 saturated carbocycles. The number of benzene rings is 2. The lowest BCUT2D eigenvalue weighted by Gasteiger charge is -2.13. The Morgan fingerprint density at radius 2 is 1.85 bits per heavy atom. The molecular formula is C22H28N2O2. The van der Waals surface area contributed by atoms with E-state index < -0.39 is 6.10 Å². The van der Waals surface area contributed by atoms with Crippen molar-refractivity contribution in [2.24, 2.45) is 0 Å². The molecule has 0 unspecified atom stereocenters. The molecule has 0 aliphatic carbocycles. The van der Waals surface area contributed by atoms with Crippen molar-refractivity contribution in [3.63, 3.8) is 0 Å². The summed E-state index contributed by atoms with van der Waals surface area (Å²) >= 11 is 0. The number of unbranched alkanes of at least 4 members (excludes halogenated alkanes) is 1. The summed E-state index contributed by atoms with van der Waals surface area (Å²) in [6, 6.07) is 16.3. The van der Waals surface area contributed by atoms with Gasteiger partial charge in [-0.2, -0.15) is 0 Å². The van der Waals surface area contributed by atoms with Crippen molar-refractivity contribution in [1.29, 1.82) is 0 Å². The van der Waals surface area contributed by atoms with Crippen LogP contribution in [0.3, 0.4) is 0 Å². The number of nitrogens with zero attached hydrogens (tertiary/aromatic N) is 2. The number of ether oxygens (including phenoxy) is 1. The number of rotatable bonds is 9. The number of fused-ring (bicyclic) bond motifs is 1. The average Bonchev–Trinajstić information content (AvgIpc) is 3.02. The third-order valence-electron chi connectivity index (χ3n) is 4.61. The Morgan fingerprint density at radius 3 is 2.62 bits per heavy atom. The lowest BCUT2D eigenvalue weighted by molar-refractivity contribution is 0.152. The fraction of sp³-hybridized carbons (Fsp3) is 0.409. The molecule has 0 radical (unpaired) electrons. The van der Waals surface area contributed by atoms with Crippen LogP contribution in [-0.4, -0.2) is 21.3 Å². The van der Waals surface area contributed by atoms with Crippen LogP contribution in [0.5, 0.6) is 5.75 Å². The van der Waals surface area contributed by atoms with Crippen LogP contribution in [0.2, 0.25) is 0 Å². The quantitative estimate of drug-likeness (QED) is 0.549. The van der Waals surface area contributed by atoms with Crippen molar-refractivity contribution >= 4 is 11.0 Å². The largest absolute Gasteiger partial charge is 0.494 e. The van der Waals surface area contributed by atoms with Crippen LogP contribution < -0.4 is 4.74 Å². The van der Waals surface area contributed by atoms with Gasteiger partial charge in [0.15, 0.2) is 0 Å². The maximum Gasteiger partial charge on any atom is 0.138 e. The van der Waals surface area contributed by atoms with E-state index in [1.54, 1.807) is 0 Å². The first-order valence-electron chi connectivity index (χ1n) is 9.51. The normalized spacial score (nSPS) is 12.4. The lowest BCUT2D eigenvalue weighted by Crippen LogP contribution is -2.10. The van der Waals surface area contributed by atoms with Crippen LogP contribution >= 0.6 is 0 Å². The van der Waals surface area contributed by atoms with Crippen LogP contribution in [-0.2, 0) is 6.54 Å². The molecule has 1 N–H and O–H groups in total. The summed E-state index contributed by atoms with van der Waals surface area (Å²) in [4.78, 5) is 4.67. The van der Waals surface area contributed by atoms with Gasteiger partial charge in [0.1, 0.15) is 17.7 Å². The molecule has 0 fully saturated rings. The Hall–Kier alpha value is -2.33. The van der Waals surface area contributed by atoms with Gasteiger partial charge in [-0.1, -0.05) is 43.2 Å². The van der Waals surface area contributed by atoms with Crippen molar-refractivity contribution in [3.8, 4) is 5.75 Å². The van der Waals surface area contributed by atoms with Crippen LogP contribution in [0, 0.1) is 6.92 Å². The molecule has 3 rings (SSSR count). The van der Waals surface area contributed by atoms with Crippen molar-refractivity contribution in [2.75, 3.05) is 6.61 Å². The molecule has 2 aromatic carbocycles. The number of imidazole rings is 1. The molecule has 26 heavy (non-hydrogen) atoms. The zero-order valence-electron chi connectivity index (χ0n) is 15.7. The third-order valence-corrected chi connectivity index (χ3v) is 4.61. The topological polar surface area (TPSA) is 47.3 Å². The van der Waals surface area contributed by atoms with Crippen molar-refractivity contribution in [2.45, 2.75) is 52.2 Å². The van der Waals surface area contributed by atoms with Crippen molar-refractivity contribution < 1.29 is 9.84 Å². The zero-order chi connectivity index (χ0) is 18.4. The summed E-state index contributed by atoms with van der Waals surface area (Å²) in [5, 5.41) is 10.5. The van der Waals surface area contributed by atoms with Gasteiger partial charge >= 0.3 is 0 Å². The first kappa shape index (κ1) is 18.5. The van der Waals surface area contributed by atoms with E-state index in [-0.39, 0.29) is 0 Å². The van der Waals surface area contributed by atoms with Gasteiger partial charge in [-0.3, -0.25) is 0 Å². The van der Waals surface area contributed by atoms with E-state index in [1.165, 1.54) is 5.56 Å². The highest BCUT2D eigenvalue weighted by atomic mass is 16.5. The number of para-hydroxylation sites is 2. The molecule has 0 aliphatic rings. The molecule has 0 amide bonds. The van der Waals surface area contributed by atoms with E-state index in [1.807, 2.05) is 30.3 Å². The minimum Gasteiger partial charge on any atom is -0.494 e. The molecule has 0 aliphatic heterocycles. The van der Waals surface area contributed by atoms with Gasteiger partial charge in [-0.05, 0) is 50.5 Å². The maximum absolute atomic E-state index is 10.5. The van der Waals surface area contributed by atoms with E-state index in [9.17, 15) is 5.11 Å². The number of aliphatic hydroxyl groups is 1. The summed E-state index contributed by atoms with van der Waals surface area (Å²) in [7, 11) is 0. The maximum atomic E-state index is 10.5. The smallest absolute Gasteiger partial charge is 0.138 e. The van der Waals surface area contributed by atoms with E-state index in [0.29, 0.717) is 6.61 Å². The van der Waals surface area contributed by atoms with Gasteiger partial charge in [-0.15, -0.1) is 0 Å². The predicted octanol–water partition coefficient (Wildman–Crippen LogP) is 5.04. The molecule has 1 aromatic heterocycles. The van der Waals surface area contributed by atoms with Crippen molar-refractivity contribution in [1.82, 2.24) is 9.55 Å². The molecule has 0 bridgehead atoms. The summed E-state index contributed by atoms with van der Waals surface area (Å²) in [5.74, 6) is 1.70. The molecule has 3 aromatic rings. The summed E-state index contributed by atoms with van der Waals surface area (Å²) in [5.41, 5.74) is 3.29. The van der Waals surface area contributed by atoms with E-state index in [2.05, 4.69) is 41.6 Å². The first-order chi connectivity index (χ1) is 12.7. The highest BCUT2D eigenvalue weighted by molar-refractivity contribution is 5.76. The summed E-state index contributed by atoms with van der Waals surface area (Å²) < 4.78 is 7.98. The third kappa shape index (κ3) is 4.44. The minimum atomic E-state index is -0.504. The molecule has 1 atom stereocenters. The van der Waals surface area contributed by atoms with Crippen molar-refractivity contribution in [3.05, 3.63) is 59.9 Å². The number of hydrogen-bond acceptors (Lipinski definition) is 3. The molecule has 1 heterocycles. The van der Waals surface area contributed by atoms with E-state index >= 15 is 0 Å². The second kappa shape index (κ2) is 8.86. The zero-order valence-corrected chi connectivity index (χ0v) is 15.7. The Bertz CT molecular complexity index is 824. The molecule has 0 spiro atoms. The standard InChI is InChI=1S/C22H28N2O2/c1-3-8-21(25)22-23-19-9-4-5-10-20(19)24(22)15-6-7-16-26-18-13-11-17(2)12-14-18/h4-5,9-14,21,25H,3,6-8,15-16H2,1-2H3/t21-/m1/s1. The lowest BCUT2D eigenvalue weighted by atomic mass is 10.2. The number of hydrogen-bond donors (Lipinski definition) is 1. The fourth-order valence-corrected chi connectivity index (χ4v) is 3.18. The highest BCUT2D eigenvalue weighted by Crippen LogP contribution is 2.24. The van der Waals surface area contributed by atoms with Gasteiger partial charge in [0.2, 0.25) is 0 Å². The average molecular weight is 352 g/mol. The van der Waals surface area contributed by atoms with E-state index in [0.717, 1.165) is 54.8 Å². The molecule has 4 nitrogen and oxygen atoms in total. The second-order valence-electron chi connectivity index (χ2n) is 6.78. The van der Waals surface area contributed by atoms with Crippen LogP contribution in [0.25, 0.3) is 11.0 Å². The predicted molar refractivity (Wildman–Crippen MR) is 106 cm³/mol. The van der Waals surface area contributed by atoms with Crippen LogP contribution in [0.15, 0.2) is 48.5 Å². The fourth-order valence-electron chi connectivity index (χ4n) is 3.18. The summed E-state index contributed by atoms with van der Waals surface area (Å²) in [6.07, 6.45) is 3.12. The van der Waals surface area contributed by atoms with Gasteiger partial charge < -0.3 is 14.4 Å². The molecule has 138 valence electrons. The van der Waals surface area contributed by atoms with Gasteiger partial charge in [0.05, 0.1) is 17.6 Å². The highest BCUT2D eigenvalue weighted by Gasteiger charge is 2.17. The Morgan fingerprint density at radius 1 is 1.08 bits per heavy atom. The minimum absolute atomic E-state index is 0.504. The SMILES string of the molecule is CCC[C@@H](O)c1nc2ccccc2n1CCCCOc1ccc(C)cc1. The Balaban J connectivity index is 1.60. The number of aryl methyl sites for hydroxylation is 2. The Kier molecular flexibility index (Phi) is 6.29. The molecule has 0 saturated heterocycles. The molecular weight excluding hydrogens is 324 g/mol.